The van der Waals surface area contributed by atoms with Crippen molar-refractivity contribution in [3.63, 3.8) is 0 Å². The van der Waals surface area contributed by atoms with E-state index in [-0.39, 0.29) is 17.6 Å². The van der Waals surface area contributed by atoms with Crippen molar-refractivity contribution in [1.82, 2.24) is 4.90 Å². The number of amides is 1. The number of hydrogen-bond acceptors (Lipinski definition) is 4. The molecule has 1 amide bonds. The van der Waals surface area contributed by atoms with Gasteiger partial charge in [-0.2, -0.15) is 0 Å². The summed E-state index contributed by atoms with van der Waals surface area (Å²) in [6.45, 7) is 2.48. The SMILES string of the molecule is O=C(c1ccc2c(c1)OCCO2)C1CCN(C(=O)C2CCCCC2)CC1. The van der Waals surface area contributed by atoms with Crippen LogP contribution in [0.3, 0.4) is 0 Å². The lowest BCUT2D eigenvalue weighted by atomic mass is 9.85. The summed E-state index contributed by atoms with van der Waals surface area (Å²) in [5, 5.41) is 0. The monoisotopic (exact) mass is 357 g/mol. The van der Waals surface area contributed by atoms with Crippen molar-refractivity contribution in [2.75, 3.05) is 26.3 Å². The molecular weight excluding hydrogens is 330 g/mol. The van der Waals surface area contributed by atoms with Gasteiger partial charge in [0.05, 0.1) is 0 Å². The first kappa shape index (κ1) is 17.4. The molecule has 3 aliphatic rings. The number of Topliss-reactive ketones (excluding diaryl/α,β-unsaturated/α-hetero) is 1. The number of rotatable bonds is 3. The Bertz CT molecular complexity index is 673. The molecule has 2 heterocycles. The van der Waals surface area contributed by atoms with Gasteiger partial charge in [0.2, 0.25) is 5.91 Å². The van der Waals surface area contributed by atoms with E-state index in [1.54, 1.807) is 6.07 Å². The molecule has 1 saturated heterocycles. The summed E-state index contributed by atoms with van der Waals surface area (Å²) in [7, 11) is 0. The zero-order valence-electron chi connectivity index (χ0n) is 15.2. The van der Waals surface area contributed by atoms with E-state index in [1.165, 1.54) is 19.3 Å². The molecule has 5 heteroatoms. The Kier molecular flexibility index (Phi) is 5.14. The molecule has 4 rings (SSSR count). The smallest absolute Gasteiger partial charge is 0.225 e. The Morgan fingerprint density at radius 1 is 0.846 bits per heavy atom. The van der Waals surface area contributed by atoms with E-state index in [1.807, 2.05) is 17.0 Å². The van der Waals surface area contributed by atoms with Gasteiger partial charge in [-0.3, -0.25) is 9.59 Å². The molecule has 26 heavy (non-hydrogen) atoms. The normalized spacial score (nSPS) is 21.5. The maximum atomic E-state index is 12.9. The van der Waals surface area contributed by atoms with Gasteiger partial charge in [0.25, 0.3) is 0 Å². The molecular formula is C21H27NO4. The predicted molar refractivity (Wildman–Crippen MR) is 97.6 cm³/mol. The molecule has 0 atom stereocenters. The van der Waals surface area contributed by atoms with Gasteiger partial charge in [-0.1, -0.05) is 19.3 Å². The van der Waals surface area contributed by atoms with Crippen molar-refractivity contribution in [3.05, 3.63) is 23.8 Å². The van der Waals surface area contributed by atoms with E-state index in [0.717, 1.165) is 25.7 Å². The van der Waals surface area contributed by atoms with Crippen LogP contribution in [0.2, 0.25) is 0 Å². The van der Waals surface area contributed by atoms with Gasteiger partial charge in [0, 0.05) is 30.5 Å². The molecule has 0 unspecified atom stereocenters. The van der Waals surface area contributed by atoms with Crippen molar-refractivity contribution in [3.8, 4) is 11.5 Å². The van der Waals surface area contributed by atoms with E-state index < -0.39 is 0 Å². The van der Waals surface area contributed by atoms with Gasteiger partial charge >= 0.3 is 0 Å². The maximum absolute atomic E-state index is 12.9. The van der Waals surface area contributed by atoms with E-state index >= 15 is 0 Å². The number of ketones is 1. The number of carbonyl (C=O) groups excluding carboxylic acids is 2. The minimum absolute atomic E-state index is 0.00651. The highest BCUT2D eigenvalue weighted by Gasteiger charge is 2.32. The zero-order chi connectivity index (χ0) is 17.9. The molecule has 2 fully saturated rings. The van der Waals surface area contributed by atoms with E-state index in [0.29, 0.717) is 49.3 Å². The summed E-state index contributed by atoms with van der Waals surface area (Å²) in [4.78, 5) is 27.5. The number of carbonyl (C=O) groups is 2. The average Bonchev–Trinajstić information content (AvgIpc) is 2.73. The number of likely N-dealkylation sites (tertiary alicyclic amines) is 1. The fourth-order valence-corrected chi connectivity index (χ4v) is 4.40. The summed E-state index contributed by atoms with van der Waals surface area (Å²) in [5.74, 6) is 2.05. The summed E-state index contributed by atoms with van der Waals surface area (Å²) < 4.78 is 11.1. The third kappa shape index (κ3) is 3.57. The van der Waals surface area contributed by atoms with Crippen LogP contribution in [0.5, 0.6) is 11.5 Å². The van der Waals surface area contributed by atoms with Crippen molar-refractivity contribution in [2.45, 2.75) is 44.9 Å². The van der Waals surface area contributed by atoms with Gasteiger partial charge in [-0.25, -0.2) is 0 Å². The maximum Gasteiger partial charge on any atom is 0.225 e. The lowest BCUT2D eigenvalue weighted by Crippen LogP contribution is -2.43. The molecule has 1 aromatic rings. The topological polar surface area (TPSA) is 55.8 Å². The molecule has 5 nitrogen and oxygen atoms in total. The minimum atomic E-state index is -0.00651. The fraction of sp³-hybridized carbons (Fsp3) is 0.619. The van der Waals surface area contributed by atoms with E-state index in [4.69, 9.17) is 9.47 Å². The molecule has 1 aromatic carbocycles. The molecule has 0 radical (unpaired) electrons. The third-order valence-electron chi connectivity index (χ3n) is 5.96. The molecule has 2 aliphatic heterocycles. The van der Waals surface area contributed by atoms with Crippen molar-refractivity contribution >= 4 is 11.7 Å². The quantitative estimate of drug-likeness (QED) is 0.778. The average molecular weight is 357 g/mol. The Morgan fingerprint density at radius 2 is 1.54 bits per heavy atom. The van der Waals surface area contributed by atoms with Crippen LogP contribution in [0.1, 0.15) is 55.3 Å². The van der Waals surface area contributed by atoms with Crippen LogP contribution in [0.4, 0.5) is 0 Å². The third-order valence-corrected chi connectivity index (χ3v) is 5.96. The molecule has 0 aromatic heterocycles. The lowest BCUT2D eigenvalue weighted by Gasteiger charge is -2.34. The second-order valence-electron chi connectivity index (χ2n) is 7.66. The summed E-state index contributed by atoms with van der Waals surface area (Å²) >= 11 is 0. The number of ether oxygens (including phenoxy) is 2. The summed E-state index contributed by atoms with van der Waals surface area (Å²) in [6.07, 6.45) is 7.20. The largest absolute Gasteiger partial charge is 0.486 e. The first-order valence-electron chi connectivity index (χ1n) is 9.95. The van der Waals surface area contributed by atoms with Gasteiger partial charge in [0.15, 0.2) is 17.3 Å². The van der Waals surface area contributed by atoms with Crippen molar-refractivity contribution in [1.29, 1.82) is 0 Å². The molecule has 0 bridgehead atoms. The first-order valence-corrected chi connectivity index (χ1v) is 9.95. The predicted octanol–water partition coefficient (Wildman–Crippen LogP) is 3.46. The van der Waals surface area contributed by atoms with E-state index in [9.17, 15) is 9.59 Å². The number of hydrogen-bond donors (Lipinski definition) is 0. The van der Waals surface area contributed by atoms with Crippen LogP contribution < -0.4 is 9.47 Å². The Morgan fingerprint density at radius 3 is 2.27 bits per heavy atom. The molecule has 1 saturated carbocycles. The summed E-state index contributed by atoms with van der Waals surface area (Å²) in [5.41, 5.74) is 0.686. The Balaban J connectivity index is 1.35. The zero-order valence-corrected chi connectivity index (χ0v) is 15.2. The molecule has 0 spiro atoms. The Hall–Kier alpha value is -2.04. The second kappa shape index (κ2) is 7.68. The molecule has 0 N–H and O–H groups in total. The second-order valence-corrected chi connectivity index (χ2v) is 7.66. The highest BCUT2D eigenvalue weighted by molar-refractivity contribution is 5.98. The van der Waals surface area contributed by atoms with Crippen LogP contribution >= 0.6 is 0 Å². The van der Waals surface area contributed by atoms with Gasteiger partial charge in [-0.05, 0) is 43.9 Å². The first-order chi connectivity index (χ1) is 12.7. The number of fused-ring (bicyclic) bond motifs is 1. The van der Waals surface area contributed by atoms with Crippen LogP contribution in [0.15, 0.2) is 18.2 Å². The Labute approximate surface area is 154 Å². The van der Waals surface area contributed by atoms with Gasteiger partial charge in [-0.15, -0.1) is 0 Å². The number of nitrogens with zero attached hydrogens (tertiary/aromatic N) is 1. The summed E-state index contributed by atoms with van der Waals surface area (Å²) in [6, 6.07) is 5.45. The van der Waals surface area contributed by atoms with Crippen molar-refractivity contribution in [2.24, 2.45) is 11.8 Å². The minimum Gasteiger partial charge on any atom is -0.486 e. The standard InChI is InChI=1S/C21H27NO4/c23-20(17-6-7-18-19(14-17)26-13-12-25-18)15-8-10-22(11-9-15)21(24)16-4-2-1-3-5-16/h6-7,14-16H,1-5,8-13H2. The van der Waals surface area contributed by atoms with Crippen LogP contribution in [-0.4, -0.2) is 42.9 Å². The van der Waals surface area contributed by atoms with Crippen LogP contribution in [-0.2, 0) is 4.79 Å². The van der Waals surface area contributed by atoms with Crippen LogP contribution in [0, 0.1) is 11.8 Å². The van der Waals surface area contributed by atoms with Crippen LogP contribution in [0.25, 0.3) is 0 Å². The fourth-order valence-electron chi connectivity index (χ4n) is 4.40. The number of piperidine rings is 1. The highest BCUT2D eigenvalue weighted by Crippen LogP contribution is 2.33. The number of benzene rings is 1. The highest BCUT2D eigenvalue weighted by atomic mass is 16.6. The molecule has 1 aliphatic carbocycles. The van der Waals surface area contributed by atoms with Gasteiger partial charge < -0.3 is 14.4 Å². The van der Waals surface area contributed by atoms with E-state index in [2.05, 4.69) is 0 Å². The lowest BCUT2D eigenvalue weighted by molar-refractivity contribution is -0.137. The molecule has 140 valence electrons. The van der Waals surface area contributed by atoms with Crippen molar-refractivity contribution < 1.29 is 19.1 Å². The van der Waals surface area contributed by atoms with Gasteiger partial charge in [0.1, 0.15) is 13.2 Å².